The van der Waals surface area contributed by atoms with Crippen LogP contribution < -0.4 is 4.74 Å². The van der Waals surface area contributed by atoms with Gasteiger partial charge in [0, 0.05) is 11.1 Å². The highest BCUT2D eigenvalue weighted by Gasteiger charge is 2.03. The second-order valence-electron chi connectivity index (χ2n) is 4.10. The van der Waals surface area contributed by atoms with Crippen LogP contribution in [-0.2, 0) is 4.57 Å². The first-order chi connectivity index (χ1) is 10.3. The van der Waals surface area contributed by atoms with Crippen molar-refractivity contribution in [2.24, 2.45) is 0 Å². The topological polar surface area (TPSA) is 87.0 Å². The van der Waals surface area contributed by atoms with Gasteiger partial charge in [0.2, 0.25) is 0 Å². The van der Waals surface area contributed by atoms with E-state index >= 15 is 0 Å². The lowest BCUT2D eigenvalue weighted by Crippen LogP contribution is -1.89. The number of hydrogen-bond donors (Lipinski definition) is 3. The molecular formula is C16H17O5P. The molecule has 0 saturated carbocycles. The lowest BCUT2D eigenvalue weighted by molar-refractivity contribution is 0.275. The zero-order valence-electron chi connectivity index (χ0n) is 11.8. The second-order valence-corrected chi connectivity index (χ2v) is 5.13. The van der Waals surface area contributed by atoms with Gasteiger partial charge in [-0.3, -0.25) is 0 Å². The minimum absolute atomic E-state index is 0.803. The van der Waals surface area contributed by atoms with E-state index in [0.717, 1.165) is 22.6 Å². The Hall–Kier alpha value is -2.17. The fourth-order valence-corrected chi connectivity index (χ4v) is 1.60. The first kappa shape index (κ1) is 17.9. The van der Waals surface area contributed by atoms with E-state index in [0.29, 0.717) is 0 Å². The molecule has 0 heterocycles. The molecule has 0 fully saturated rings. The van der Waals surface area contributed by atoms with E-state index in [1.54, 1.807) is 12.2 Å². The zero-order valence-corrected chi connectivity index (χ0v) is 12.7. The number of benzene rings is 2. The van der Waals surface area contributed by atoms with Gasteiger partial charge in [-0.15, -0.1) is 0 Å². The normalized spacial score (nSPS) is 10.1. The molecule has 0 amide bonds. The summed E-state index contributed by atoms with van der Waals surface area (Å²) in [5, 5.41) is 0. The summed E-state index contributed by atoms with van der Waals surface area (Å²) in [5.74, 6) is 1.61. The third-order valence-corrected chi connectivity index (χ3v) is 2.50. The summed E-state index contributed by atoms with van der Waals surface area (Å²) in [6.07, 6.45) is 3.57. The third-order valence-electron chi connectivity index (χ3n) is 2.50. The van der Waals surface area contributed by atoms with E-state index in [1.165, 1.54) is 0 Å². The Labute approximate surface area is 129 Å². The van der Waals surface area contributed by atoms with E-state index in [-0.39, 0.29) is 0 Å². The highest BCUT2D eigenvalue weighted by atomic mass is 31.2. The number of para-hydroxylation sites is 2. The molecule has 0 saturated heterocycles. The predicted octanol–water partition coefficient (Wildman–Crippen LogP) is 3.84. The van der Waals surface area contributed by atoms with Crippen LogP contribution in [0, 0.1) is 0 Å². The van der Waals surface area contributed by atoms with Crippen LogP contribution in [0.1, 0.15) is 11.1 Å². The molecule has 0 atom stereocenters. The molecule has 0 spiro atoms. The summed E-state index contributed by atoms with van der Waals surface area (Å²) in [6, 6.07) is 15.6. The maximum atomic E-state index is 8.88. The van der Waals surface area contributed by atoms with Crippen LogP contribution in [0.2, 0.25) is 0 Å². The van der Waals surface area contributed by atoms with E-state index in [4.69, 9.17) is 24.0 Å². The summed E-state index contributed by atoms with van der Waals surface area (Å²) in [5.41, 5.74) is 1.96. The molecule has 22 heavy (non-hydrogen) atoms. The molecule has 0 aromatic heterocycles. The maximum absolute atomic E-state index is 8.88. The van der Waals surface area contributed by atoms with E-state index in [1.807, 2.05) is 48.5 Å². The smallest absolute Gasteiger partial charge is 0.456 e. The van der Waals surface area contributed by atoms with Crippen LogP contribution in [-0.4, -0.2) is 14.7 Å². The Morgan fingerprint density at radius 2 is 1.14 bits per heavy atom. The minimum Gasteiger partial charge on any atom is -0.456 e. The minimum atomic E-state index is -4.64. The van der Waals surface area contributed by atoms with Gasteiger partial charge < -0.3 is 19.4 Å². The predicted molar refractivity (Wildman–Crippen MR) is 87.4 cm³/mol. The lowest BCUT2D eigenvalue weighted by Gasteiger charge is -2.10. The van der Waals surface area contributed by atoms with Crippen LogP contribution >= 0.6 is 7.82 Å². The van der Waals surface area contributed by atoms with Crippen molar-refractivity contribution in [1.82, 2.24) is 0 Å². The van der Waals surface area contributed by atoms with Crippen molar-refractivity contribution < 1.29 is 24.0 Å². The van der Waals surface area contributed by atoms with Gasteiger partial charge in [0.25, 0.3) is 0 Å². The maximum Gasteiger partial charge on any atom is 0.466 e. The van der Waals surface area contributed by atoms with E-state index in [2.05, 4.69) is 13.2 Å². The zero-order chi connectivity index (χ0) is 16.6. The molecule has 5 nitrogen and oxygen atoms in total. The average Bonchev–Trinajstić information content (AvgIpc) is 2.46. The molecule has 116 valence electrons. The van der Waals surface area contributed by atoms with Crippen molar-refractivity contribution in [2.45, 2.75) is 0 Å². The molecule has 2 aromatic rings. The number of phosphoric acid groups is 1. The van der Waals surface area contributed by atoms with Crippen molar-refractivity contribution in [2.75, 3.05) is 0 Å². The molecule has 0 aliphatic rings. The van der Waals surface area contributed by atoms with Gasteiger partial charge in [0.05, 0.1) is 0 Å². The molecule has 0 bridgehead atoms. The first-order valence-corrected chi connectivity index (χ1v) is 7.80. The van der Waals surface area contributed by atoms with Gasteiger partial charge in [0.1, 0.15) is 11.5 Å². The van der Waals surface area contributed by atoms with Gasteiger partial charge in [-0.1, -0.05) is 61.7 Å². The Bertz CT molecular complexity index is 633. The monoisotopic (exact) mass is 320 g/mol. The van der Waals surface area contributed by atoms with E-state index in [9.17, 15) is 0 Å². The summed E-state index contributed by atoms with van der Waals surface area (Å²) in [4.78, 5) is 21.6. The summed E-state index contributed by atoms with van der Waals surface area (Å²) in [7, 11) is -4.64. The van der Waals surface area contributed by atoms with Crippen LogP contribution in [0.4, 0.5) is 0 Å². The molecule has 2 rings (SSSR count). The van der Waals surface area contributed by atoms with Crippen molar-refractivity contribution in [3.05, 3.63) is 72.8 Å². The van der Waals surface area contributed by atoms with Crippen molar-refractivity contribution in [1.29, 1.82) is 0 Å². The average molecular weight is 320 g/mol. The SMILES string of the molecule is C=Cc1ccccc1Oc1ccccc1C=C.O=P(O)(O)O. The largest absolute Gasteiger partial charge is 0.466 e. The Balaban J connectivity index is 0.000000422. The van der Waals surface area contributed by atoms with Crippen molar-refractivity contribution in [3.8, 4) is 11.5 Å². The van der Waals surface area contributed by atoms with E-state index < -0.39 is 7.82 Å². The summed E-state index contributed by atoms with van der Waals surface area (Å²) in [6.45, 7) is 7.55. The Morgan fingerprint density at radius 3 is 1.45 bits per heavy atom. The highest BCUT2D eigenvalue weighted by molar-refractivity contribution is 7.45. The fraction of sp³-hybridized carbons (Fsp3) is 0. The number of hydrogen-bond acceptors (Lipinski definition) is 2. The Kier molecular flexibility index (Phi) is 6.76. The highest BCUT2D eigenvalue weighted by Crippen LogP contribution is 2.29. The van der Waals surface area contributed by atoms with Crippen LogP contribution in [0.3, 0.4) is 0 Å². The van der Waals surface area contributed by atoms with Gasteiger partial charge in [0.15, 0.2) is 0 Å². The first-order valence-electron chi connectivity index (χ1n) is 6.24. The molecule has 3 N–H and O–H groups in total. The van der Waals surface area contributed by atoms with Gasteiger partial charge in [-0.05, 0) is 12.1 Å². The van der Waals surface area contributed by atoms with Gasteiger partial charge in [-0.25, -0.2) is 4.57 Å². The van der Waals surface area contributed by atoms with Gasteiger partial charge >= 0.3 is 7.82 Å². The van der Waals surface area contributed by atoms with Gasteiger partial charge in [-0.2, -0.15) is 0 Å². The lowest BCUT2D eigenvalue weighted by atomic mass is 10.2. The Morgan fingerprint density at radius 1 is 0.818 bits per heavy atom. The number of ether oxygens (including phenoxy) is 1. The molecule has 0 unspecified atom stereocenters. The molecule has 2 aromatic carbocycles. The number of rotatable bonds is 4. The van der Waals surface area contributed by atoms with Crippen molar-refractivity contribution >= 4 is 20.0 Å². The fourth-order valence-electron chi connectivity index (χ4n) is 1.60. The molecule has 0 aliphatic carbocycles. The molecule has 0 radical (unpaired) electrons. The van der Waals surface area contributed by atoms with Crippen LogP contribution in [0.25, 0.3) is 12.2 Å². The third kappa shape index (κ3) is 6.52. The molecule has 0 aliphatic heterocycles. The second kappa shape index (κ2) is 8.32. The quantitative estimate of drug-likeness (QED) is 0.745. The summed E-state index contributed by atoms with van der Waals surface area (Å²) < 4.78 is 14.8. The van der Waals surface area contributed by atoms with Crippen LogP contribution in [0.15, 0.2) is 61.7 Å². The van der Waals surface area contributed by atoms with Crippen molar-refractivity contribution in [3.63, 3.8) is 0 Å². The van der Waals surface area contributed by atoms with Crippen LogP contribution in [0.5, 0.6) is 11.5 Å². The molecular weight excluding hydrogens is 303 g/mol. The molecule has 6 heteroatoms. The summed E-state index contributed by atoms with van der Waals surface area (Å²) >= 11 is 0. The standard InChI is InChI=1S/C16H14O.H3O4P/c1-3-13-9-5-7-11-15(13)17-16-12-8-6-10-14(16)4-2;1-5(2,3)4/h3-12H,1-2H2;(H3,1,2,3,4).